The highest BCUT2D eigenvalue weighted by atomic mass is 79.9. The second-order valence-electron chi connectivity index (χ2n) is 5.34. The van der Waals surface area contributed by atoms with Gasteiger partial charge in [0.15, 0.2) is 0 Å². The first kappa shape index (κ1) is 16.7. The molecule has 2 rings (SSSR count). The average molecular weight is 357 g/mol. The average Bonchev–Trinajstić information content (AvgIpc) is 2.52. The summed E-state index contributed by atoms with van der Waals surface area (Å²) >= 11 is 3.67. The molecule has 0 aromatic heterocycles. The summed E-state index contributed by atoms with van der Waals surface area (Å²) in [5.41, 5.74) is 2.56. The van der Waals surface area contributed by atoms with Crippen molar-refractivity contribution in [2.75, 3.05) is 37.7 Å². The van der Waals surface area contributed by atoms with Crippen LogP contribution in [0, 0.1) is 0 Å². The van der Waals surface area contributed by atoms with Crippen LogP contribution in [0.1, 0.15) is 25.3 Å². The molecule has 0 bridgehead atoms. The Bertz CT molecular complexity index is 434. The summed E-state index contributed by atoms with van der Waals surface area (Å²) in [5, 5.41) is 12.1. The van der Waals surface area contributed by atoms with Gasteiger partial charge in [-0.2, -0.15) is 0 Å². The third-order valence-corrected chi connectivity index (χ3v) is 4.59. The summed E-state index contributed by atoms with van der Waals surface area (Å²) in [5.74, 6) is 0. The first-order chi connectivity index (χ1) is 10.2. The molecular formula is C16H25BrN2O2. The van der Waals surface area contributed by atoms with Gasteiger partial charge >= 0.3 is 0 Å². The molecule has 4 nitrogen and oxygen atoms in total. The first-order valence-electron chi connectivity index (χ1n) is 7.71. The molecule has 0 spiro atoms. The van der Waals surface area contributed by atoms with Crippen LogP contribution in [0.3, 0.4) is 0 Å². The molecule has 0 saturated carbocycles. The van der Waals surface area contributed by atoms with E-state index in [2.05, 4.69) is 51.3 Å². The minimum atomic E-state index is 0.112. The summed E-state index contributed by atoms with van der Waals surface area (Å²) < 4.78 is 6.78. The minimum absolute atomic E-state index is 0.112. The van der Waals surface area contributed by atoms with Crippen molar-refractivity contribution in [2.24, 2.45) is 0 Å². The molecule has 118 valence electrons. The zero-order valence-electron chi connectivity index (χ0n) is 12.6. The van der Waals surface area contributed by atoms with E-state index in [1.54, 1.807) is 0 Å². The molecule has 1 aliphatic heterocycles. The van der Waals surface area contributed by atoms with Crippen molar-refractivity contribution in [1.82, 2.24) is 5.32 Å². The maximum atomic E-state index is 8.80. The van der Waals surface area contributed by atoms with Crippen LogP contribution >= 0.6 is 15.9 Å². The Labute approximate surface area is 135 Å². The second-order valence-corrected chi connectivity index (χ2v) is 6.19. The molecule has 0 atom stereocenters. The third kappa shape index (κ3) is 4.95. The van der Waals surface area contributed by atoms with Gasteiger partial charge in [0.05, 0.1) is 19.3 Å². The van der Waals surface area contributed by atoms with Gasteiger partial charge in [0.2, 0.25) is 0 Å². The lowest BCUT2D eigenvalue weighted by molar-refractivity contribution is 0.0159. The predicted molar refractivity (Wildman–Crippen MR) is 89.8 cm³/mol. The molecule has 1 saturated heterocycles. The summed E-state index contributed by atoms with van der Waals surface area (Å²) in [6.07, 6.45) is 2.35. The predicted octanol–water partition coefficient (Wildman–Crippen LogP) is 2.54. The largest absolute Gasteiger partial charge is 0.394 e. The number of rotatable bonds is 7. The summed E-state index contributed by atoms with van der Waals surface area (Å²) in [4.78, 5) is 2.40. The SMILES string of the molecule is CCNCc1ccc(N2CCC(OCCO)CC2)cc1Br. The molecule has 0 unspecified atom stereocenters. The molecule has 0 radical (unpaired) electrons. The molecule has 1 aliphatic rings. The normalized spacial score (nSPS) is 16.4. The van der Waals surface area contributed by atoms with Crippen LogP contribution in [0.15, 0.2) is 22.7 Å². The number of piperidine rings is 1. The Morgan fingerprint density at radius 3 is 2.76 bits per heavy atom. The summed E-state index contributed by atoms with van der Waals surface area (Å²) in [6, 6.07) is 6.60. The van der Waals surface area contributed by atoms with E-state index in [1.807, 2.05) is 0 Å². The zero-order chi connectivity index (χ0) is 15.1. The molecule has 5 heteroatoms. The standard InChI is InChI=1S/C16H25BrN2O2/c1-2-18-12-13-3-4-14(11-16(13)17)19-7-5-15(6-8-19)21-10-9-20/h3-4,11,15,18,20H,2,5-10,12H2,1H3. The summed E-state index contributed by atoms with van der Waals surface area (Å²) in [7, 11) is 0. The van der Waals surface area contributed by atoms with E-state index in [9.17, 15) is 0 Å². The van der Waals surface area contributed by atoms with Gasteiger partial charge < -0.3 is 20.1 Å². The Morgan fingerprint density at radius 1 is 1.38 bits per heavy atom. The number of anilines is 1. The molecule has 1 heterocycles. The highest BCUT2D eigenvalue weighted by Crippen LogP contribution is 2.27. The van der Waals surface area contributed by atoms with Gasteiger partial charge in [0, 0.05) is 29.8 Å². The van der Waals surface area contributed by atoms with Crippen molar-refractivity contribution in [3.05, 3.63) is 28.2 Å². The Kier molecular flexibility index (Phi) is 6.96. The van der Waals surface area contributed by atoms with Crippen molar-refractivity contribution in [3.8, 4) is 0 Å². The maximum absolute atomic E-state index is 8.80. The van der Waals surface area contributed by atoms with Crippen molar-refractivity contribution in [1.29, 1.82) is 0 Å². The van der Waals surface area contributed by atoms with Gasteiger partial charge in [-0.05, 0) is 37.1 Å². The van der Waals surface area contributed by atoms with Gasteiger partial charge in [-0.3, -0.25) is 0 Å². The fourth-order valence-electron chi connectivity index (χ4n) is 2.64. The van der Waals surface area contributed by atoms with Crippen molar-refractivity contribution in [3.63, 3.8) is 0 Å². The van der Waals surface area contributed by atoms with E-state index < -0.39 is 0 Å². The highest BCUT2D eigenvalue weighted by molar-refractivity contribution is 9.10. The number of hydrogen-bond donors (Lipinski definition) is 2. The number of hydrogen-bond acceptors (Lipinski definition) is 4. The first-order valence-corrected chi connectivity index (χ1v) is 8.50. The quantitative estimate of drug-likeness (QED) is 0.787. The van der Waals surface area contributed by atoms with E-state index in [-0.39, 0.29) is 6.61 Å². The van der Waals surface area contributed by atoms with Crippen molar-refractivity contribution < 1.29 is 9.84 Å². The summed E-state index contributed by atoms with van der Waals surface area (Å²) in [6.45, 7) is 6.58. The molecule has 1 aromatic rings. The number of aliphatic hydroxyl groups is 1. The van der Waals surface area contributed by atoms with Crippen LogP contribution in [0.2, 0.25) is 0 Å². The number of benzene rings is 1. The molecule has 1 fully saturated rings. The highest BCUT2D eigenvalue weighted by Gasteiger charge is 2.20. The van der Waals surface area contributed by atoms with Crippen LogP contribution in [-0.4, -0.2) is 44.1 Å². The molecule has 0 amide bonds. The minimum Gasteiger partial charge on any atom is -0.394 e. The van der Waals surface area contributed by atoms with E-state index >= 15 is 0 Å². The van der Waals surface area contributed by atoms with Gasteiger partial charge in [0.1, 0.15) is 0 Å². The number of ether oxygens (including phenoxy) is 1. The Balaban J connectivity index is 1.89. The van der Waals surface area contributed by atoms with E-state index in [4.69, 9.17) is 9.84 Å². The number of nitrogens with one attached hydrogen (secondary N) is 1. The lowest BCUT2D eigenvalue weighted by atomic mass is 10.1. The van der Waals surface area contributed by atoms with E-state index in [1.165, 1.54) is 15.7 Å². The number of aliphatic hydroxyl groups excluding tert-OH is 1. The van der Waals surface area contributed by atoms with Crippen LogP contribution in [0.5, 0.6) is 0 Å². The maximum Gasteiger partial charge on any atom is 0.0701 e. The number of nitrogens with zero attached hydrogens (tertiary/aromatic N) is 1. The van der Waals surface area contributed by atoms with Crippen LogP contribution in [0.25, 0.3) is 0 Å². The topological polar surface area (TPSA) is 44.7 Å². The van der Waals surface area contributed by atoms with Gasteiger partial charge in [0.25, 0.3) is 0 Å². The van der Waals surface area contributed by atoms with Crippen LogP contribution < -0.4 is 10.2 Å². The smallest absolute Gasteiger partial charge is 0.0701 e. The Hall–Kier alpha value is -0.620. The van der Waals surface area contributed by atoms with Crippen molar-refractivity contribution >= 4 is 21.6 Å². The second kappa shape index (κ2) is 8.73. The van der Waals surface area contributed by atoms with E-state index in [0.29, 0.717) is 12.7 Å². The molecular weight excluding hydrogens is 332 g/mol. The van der Waals surface area contributed by atoms with Gasteiger partial charge in [-0.1, -0.05) is 28.9 Å². The Morgan fingerprint density at radius 2 is 2.14 bits per heavy atom. The monoisotopic (exact) mass is 356 g/mol. The number of halogens is 1. The van der Waals surface area contributed by atoms with Gasteiger partial charge in [-0.15, -0.1) is 0 Å². The lowest BCUT2D eigenvalue weighted by Gasteiger charge is -2.33. The van der Waals surface area contributed by atoms with Crippen molar-refractivity contribution in [2.45, 2.75) is 32.4 Å². The van der Waals surface area contributed by atoms with Gasteiger partial charge in [-0.25, -0.2) is 0 Å². The van der Waals surface area contributed by atoms with E-state index in [0.717, 1.165) is 39.0 Å². The molecule has 1 aromatic carbocycles. The van der Waals surface area contributed by atoms with Crippen LogP contribution in [0.4, 0.5) is 5.69 Å². The fourth-order valence-corrected chi connectivity index (χ4v) is 3.14. The third-order valence-electron chi connectivity index (χ3n) is 3.85. The zero-order valence-corrected chi connectivity index (χ0v) is 14.2. The fraction of sp³-hybridized carbons (Fsp3) is 0.625. The van der Waals surface area contributed by atoms with Crippen LogP contribution in [-0.2, 0) is 11.3 Å². The molecule has 2 N–H and O–H groups in total. The molecule has 21 heavy (non-hydrogen) atoms. The molecule has 0 aliphatic carbocycles. The lowest BCUT2D eigenvalue weighted by Crippen LogP contribution is -2.37.